The van der Waals surface area contributed by atoms with Gasteiger partial charge in [0.25, 0.3) is 0 Å². The van der Waals surface area contributed by atoms with Crippen LogP contribution in [0, 0.1) is 5.92 Å². The second kappa shape index (κ2) is 7.79. The van der Waals surface area contributed by atoms with Gasteiger partial charge in [-0.05, 0) is 59.7 Å². The Bertz CT molecular complexity index is 695. The fourth-order valence-electron chi connectivity index (χ4n) is 3.32. The smallest absolute Gasteiger partial charge is 0.126 e. The topological polar surface area (TPSA) is 64.7 Å². The zero-order valence-electron chi connectivity index (χ0n) is 14.1. The fraction of sp³-hybridized carbons (Fsp3) is 0.400. The molecule has 0 spiro atoms. The predicted molar refractivity (Wildman–Crippen MR) is 95.1 cm³/mol. The van der Waals surface area contributed by atoms with Crippen molar-refractivity contribution in [2.24, 2.45) is 11.7 Å². The highest BCUT2D eigenvalue weighted by atomic mass is 16.5. The highest BCUT2D eigenvalue weighted by Gasteiger charge is 2.17. The van der Waals surface area contributed by atoms with Crippen LogP contribution in [-0.2, 0) is 24.2 Å². The van der Waals surface area contributed by atoms with Crippen LogP contribution in [0.25, 0.3) is 11.1 Å². The van der Waals surface area contributed by atoms with E-state index in [4.69, 9.17) is 15.2 Å². The summed E-state index contributed by atoms with van der Waals surface area (Å²) >= 11 is 0. The highest BCUT2D eigenvalue weighted by molar-refractivity contribution is 5.75. The molecule has 2 aromatic carbocycles. The van der Waals surface area contributed by atoms with E-state index in [0.717, 1.165) is 30.8 Å². The maximum atomic E-state index is 9.41. The molecule has 1 aliphatic rings. The van der Waals surface area contributed by atoms with Gasteiger partial charge in [0.15, 0.2) is 0 Å². The molecule has 0 aliphatic carbocycles. The van der Waals surface area contributed by atoms with Crippen molar-refractivity contribution in [2.45, 2.75) is 19.4 Å². The van der Waals surface area contributed by atoms with Crippen LogP contribution in [0.15, 0.2) is 36.4 Å². The molecule has 4 nitrogen and oxygen atoms in total. The number of aliphatic hydroxyl groups excluding tert-OH is 1. The number of rotatable bonds is 6. The summed E-state index contributed by atoms with van der Waals surface area (Å²) in [6.45, 7) is 2.02. The molecule has 0 radical (unpaired) electrons. The average molecular weight is 327 g/mol. The first kappa shape index (κ1) is 17.0. The number of hydrogen-bond donors (Lipinski definition) is 2. The van der Waals surface area contributed by atoms with E-state index in [1.165, 1.54) is 22.3 Å². The van der Waals surface area contributed by atoms with Crippen molar-refractivity contribution in [1.29, 1.82) is 0 Å². The molecule has 0 amide bonds. The van der Waals surface area contributed by atoms with E-state index in [1.54, 1.807) is 7.11 Å². The lowest BCUT2D eigenvalue weighted by molar-refractivity contribution is 0.111. The summed E-state index contributed by atoms with van der Waals surface area (Å²) in [4.78, 5) is 0. The molecular formula is C20H25NO3. The molecule has 0 saturated heterocycles. The number of hydrogen-bond acceptors (Lipinski definition) is 4. The lowest BCUT2D eigenvalue weighted by Gasteiger charge is -2.21. The summed E-state index contributed by atoms with van der Waals surface area (Å²) in [6, 6.07) is 12.6. The van der Waals surface area contributed by atoms with Gasteiger partial charge in [0.2, 0.25) is 0 Å². The van der Waals surface area contributed by atoms with Crippen molar-refractivity contribution < 1.29 is 14.6 Å². The maximum Gasteiger partial charge on any atom is 0.126 e. The van der Waals surface area contributed by atoms with Crippen molar-refractivity contribution in [3.05, 3.63) is 53.1 Å². The van der Waals surface area contributed by atoms with Crippen LogP contribution in [-0.4, -0.2) is 32.0 Å². The predicted octanol–water partition coefficient (Wildman–Crippen LogP) is 2.54. The van der Waals surface area contributed by atoms with E-state index >= 15 is 0 Å². The van der Waals surface area contributed by atoms with E-state index in [2.05, 4.69) is 30.3 Å². The Hall–Kier alpha value is -1.88. The molecule has 4 heteroatoms. The minimum Gasteiger partial charge on any atom is -0.496 e. The molecule has 2 aromatic rings. The summed E-state index contributed by atoms with van der Waals surface area (Å²) in [5.74, 6) is 0.955. The quantitative estimate of drug-likeness (QED) is 0.856. The molecule has 1 atom stereocenters. The minimum atomic E-state index is 0.0873. The van der Waals surface area contributed by atoms with E-state index in [9.17, 15) is 5.11 Å². The van der Waals surface area contributed by atoms with Crippen LogP contribution in [0.5, 0.6) is 5.75 Å². The average Bonchev–Trinajstić information content (AvgIpc) is 2.65. The van der Waals surface area contributed by atoms with Gasteiger partial charge in [-0.15, -0.1) is 0 Å². The van der Waals surface area contributed by atoms with Crippen molar-refractivity contribution >= 4 is 0 Å². The highest BCUT2D eigenvalue weighted by Crippen LogP contribution is 2.36. The van der Waals surface area contributed by atoms with Crippen LogP contribution in [0.4, 0.5) is 0 Å². The van der Waals surface area contributed by atoms with E-state index < -0.39 is 0 Å². The zero-order chi connectivity index (χ0) is 16.9. The molecule has 1 heterocycles. The van der Waals surface area contributed by atoms with E-state index in [-0.39, 0.29) is 12.5 Å². The maximum absolute atomic E-state index is 9.41. The van der Waals surface area contributed by atoms with Crippen LogP contribution in [0.2, 0.25) is 0 Å². The first-order chi connectivity index (χ1) is 11.8. The molecule has 1 aliphatic heterocycles. The monoisotopic (exact) mass is 327 g/mol. The third kappa shape index (κ3) is 3.46. The third-order valence-electron chi connectivity index (χ3n) is 4.70. The number of aliphatic hydroxyl groups is 1. The molecule has 0 bridgehead atoms. The van der Waals surface area contributed by atoms with Gasteiger partial charge in [0, 0.05) is 12.2 Å². The summed E-state index contributed by atoms with van der Waals surface area (Å²) in [7, 11) is 1.70. The Morgan fingerprint density at radius 1 is 1.25 bits per heavy atom. The first-order valence-electron chi connectivity index (χ1n) is 8.43. The number of fused-ring (bicyclic) bond motifs is 1. The van der Waals surface area contributed by atoms with Gasteiger partial charge in [0.05, 0.1) is 20.3 Å². The zero-order valence-corrected chi connectivity index (χ0v) is 14.1. The first-order valence-corrected chi connectivity index (χ1v) is 8.43. The Labute approximate surface area is 143 Å². The molecule has 24 heavy (non-hydrogen) atoms. The van der Waals surface area contributed by atoms with Gasteiger partial charge < -0.3 is 20.3 Å². The summed E-state index contributed by atoms with van der Waals surface area (Å²) in [6.07, 6.45) is 1.68. The van der Waals surface area contributed by atoms with E-state index in [1.807, 2.05) is 6.07 Å². The van der Waals surface area contributed by atoms with Crippen molar-refractivity contribution in [2.75, 3.05) is 26.9 Å². The SMILES string of the molecule is COc1ccc(CC(CN)CO)cc1-c1cccc2c1CCOC2. The normalized spacial score (nSPS) is 15.0. The second-order valence-corrected chi connectivity index (χ2v) is 6.27. The fourth-order valence-corrected chi connectivity index (χ4v) is 3.32. The Kier molecular flexibility index (Phi) is 5.51. The Morgan fingerprint density at radius 2 is 2.12 bits per heavy atom. The van der Waals surface area contributed by atoms with Crippen LogP contribution in [0.3, 0.4) is 0 Å². The van der Waals surface area contributed by atoms with Gasteiger partial charge in [-0.2, -0.15) is 0 Å². The lowest BCUT2D eigenvalue weighted by Crippen LogP contribution is -2.20. The van der Waals surface area contributed by atoms with Gasteiger partial charge >= 0.3 is 0 Å². The molecular weight excluding hydrogens is 302 g/mol. The number of nitrogens with two attached hydrogens (primary N) is 1. The van der Waals surface area contributed by atoms with E-state index in [0.29, 0.717) is 13.2 Å². The molecule has 128 valence electrons. The molecule has 0 fully saturated rings. The van der Waals surface area contributed by atoms with Crippen LogP contribution >= 0.6 is 0 Å². The van der Waals surface area contributed by atoms with Gasteiger partial charge in [0.1, 0.15) is 5.75 Å². The molecule has 1 unspecified atom stereocenters. The summed E-state index contributed by atoms with van der Waals surface area (Å²) in [5.41, 5.74) is 11.8. The number of methoxy groups -OCH3 is 1. The Morgan fingerprint density at radius 3 is 2.88 bits per heavy atom. The van der Waals surface area contributed by atoms with Crippen molar-refractivity contribution in [1.82, 2.24) is 0 Å². The summed E-state index contributed by atoms with van der Waals surface area (Å²) < 4.78 is 11.2. The minimum absolute atomic E-state index is 0.0873. The molecule has 0 saturated carbocycles. The third-order valence-corrected chi connectivity index (χ3v) is 4.70. The second-order valence-electron chi connectivity index (χ2n) is 6.27. The van der Waals surface area contributed by atoms with Gasteiger partial charge in [-0.3, -0.25) is 0 Å². The summed E-state index contributed by atoms with van der Waals surface area (Å²) in [5, 5.41) is 9.41. The number of ether oxygens (including phenoxy) is 2. The van der Waals surface area contributed by atoms with Crippen molar-refractivity contribution in [3.63, 3.8) is 0 Å². The standard InChI is InChI=1S/C20H25NO3/c1-23-20-6-5-14(9-15(11-21)12-22)10-19(20)18-4-2-3-16-13-24-8-7-17(16)18/h2-6,10,15,22H,7-9,11-13,21H2,1H3. The number of benzene rings is 2. The molecule has 3 N–H and O–H groups in total. The van der Waals surface area contributed by atoms with Gasteiger partial charge in [-0.25, -0.2) is 0 Å². The van der Waals surface area contributed by atoms with Crippen molar-refractivity contribution in [3.8, 4) is 16.9 Å². The molecule has 0 aromatic heterocycles. The van der Waals surface area contributed by atoms with Crippen LogP contribution < -0.4 is 10.5 Å². The lowest BCUT2D eigenvalue weighted by atomic mass is 9.90. The Balaban J connectivity index is 2.03. The van der Waals surface area contributed by atoms with Gasteiger partial charge in [-0.1, -0.05) is 24.3 Å². The molecule has 3 rings (SSSR count). The van der Waals surface area contributed by atoms with Crippen LogP contribution in [0.1, 0.15) is 16.7 Å². The largest absolute Gasteiger partial charge is 0.496 e.